The summed E-state index contributed by atoms with van der Waals surface area (Å²) >= 11 is 5.84. The number of aliphatic carboxylic acids is 1. The molecule has 1 rings (SSSR count). The van der Waals surface area contributed by atoms with Gasteiger partial charge in [0.2, 0.25) is 5.91 Å². The summed E-state index contributed by atoms with van der Waals surface area (Å²) in [6, 6.07) is 1.69. The van der Waals surface area contributed by atoms with Crippen LogP contribution < -0.4 is 10.1 Å². The highest BCUT2D eigenvalue weighted by atomic mass is 35.5. The lowest BCUT2D eigenvalue weighted by atomic mass is 10.0. The van der Waals surface area contributed by atoms with Crippen LogP contribution in [-0.4, -0.2) is 35.2 Å². The van der Waals surface area contributed by atoms with Crippen LogP contribution in [0.5, 0.6) is 11.5 Å². The highest BCUT2D eigenvalue weighted by molar-refractivity contribution is 6.30. The number of carboxylic acids is 1. The molecule has 3 N–H and O–H groups in total. The molecule has 19 heavy (non-hydrogen) atoms. The standard InChI is InChI=1S/C12H14ClNO5/c1-6(15)14-9(12(17)18)4-7-3-8(13)5-10(19-2)11(7)16/h3,5,9,16H,4H2,1-2H3,(H,14,15)(H,17,18). The van der Waals surface area contributed by atoms with Crippen molar-refractivity contribution in [3.8, 4) is 11.5 Å². The fourth-order valence-electron chi connectivity index (χ4n) is 1.60. The first-order valence-corrected chi connectivity index (χ1v) is 5.78. The summed E-state index contributed by atoms with van der Waals surface area (Å²) in [5.74, 6) is -1.72. The van der Waals surface area contributed by atoms with Crippen LogP contribution in [-0.2, 0) is 16.0 Å². The fourth-order valence-corrected chi connectivity index (χ4v) is 1.84. The van der Waals surface area contributed by atoms with Gasteiger partial charge >= 0.3 is 5.97 Å². The van der Waals surface area contributed by atoms with E-state index in [0.717, 1.165) is 0 Å². The van der Waals surface area contributed by atoms with Crippen LogP contribution in [0.15, 0.2) is 12.1 Å². The van der Waals surface area contributed by atoms with Crippen molar-refractivity contribution in [3.05, 3.63) is 22.7 Å². The lowest BCUT2D eigenvalue weighted by molar-refractivity contribution is -0.141. The molecule has 0 aliphatic carbocycles. The predicted molar refractivity (Wildman–Crippen MR) is 68.6 cm³/mol. The van der Waals surface area contributed by atoms with E-state index < -0.39 is 17.9 Å². The Bertz CT molecular complexity index is 503. The largest absolute Gasteiger partial charge is 0.504 e. The summed E-state index contributed by atoms with van der Waals surface area (Å²) in [5.41, 5.74) is 0.283. The zero-order chi connectivity index (χ0) is 14.6. The molecule has 0 bridgehead atoms. The number of phenols is 1. The number of carbonyl (C=O) groups excluding carboxylic acids is 1. The Morgan fingerprint density at radius 3 is 2.58 bits per heavy atom. The second-order valence-electron chi connectivity index (χ2n) is 3.91. The topological polar surface area (TPSA) is 95.9 Å². The first-order chi connectivity index (χ1) is 8.85. The number of benzene rings is 1. The van der Waals surface area contributed by atoms with Crippen LogP contribution >= 0.6 is 11.6 Å². The van der Waals surface area contributed by atoms with Gasteiger partial charge in [-0.3, -0.25) is 4.79 Å². The van der Waals surface area contributed by atoms with Gasteiger partial charge in [-0.15, -0.1) is 0 Å². The highest BCUT2D eigenvalue weighted by Crippen LogP contribution is 2.34. The third kappa shape index (κ3) is 4.03. The second kappa shape index (κ2) is 6.29. The van der Waals surface area contributed by atoms with Gasteiger partial charge in [0.1, 0.15) is 6.04 Å². The Hall–Kier alpha value is -1.95. The van der Waals surface area contributed by atoms with Crippen molar-refractivity contribution >= 4 is 23.5 Å². The number of aromatic hydroxyl groups is 1. The first kappa shape index (κ1) is 15.1. The molecule has 0 fully saturated rings. The molecule has 1 unspecified atom stereocenters. The monoisotopic (exact) mass is 287 g/mol. The van der Waals surface area contributed by atoms with Gasteiger partial charge in [0.05, 0.1) is 7.11 Å². The summed E-state index contributed by atoms with van der Waals surface area (Å²) in [5, 5.41) is 21.5. The van der Waals surface area contributed by atoms with Gasteiger partial charge in [0.25, 0.3) is 0 Å². The van der Waals surface area contributed by atoms with Crippen molar-refractivity contribution in [3.63, 3.8) is 0 Å². The molecule has 7 heteroatoms. The van der Waals surface area contributed by atoms with Gasteiger partial charge in [-0.2, -0.15) is 0 Å². The quantitative estimate of drug-likeness (QED) is 0.756. The average molecular weight is 288 g/mol. The number of ether oxygens (including phenoxy) is 1. The number of halogens is 1. The average Bonchev–Trinajstić information content (AvgIpc) is 2.31. The van der Waals surface area contributed by atoms with Crippen molar-refractivity contribution in [1.29, 1.82) is 0 Å². The molecule has 0 aliphatic heterocycles. The van der Waals surface area contributed by atoms with Crippen molar-refractivity contribution in [2.75, 3.05) is 7.11 Å². The van der Waals surface area contributed by atoms with E-state index in [-0.39, 0.29) is 23.5 Å². The highest BCUT2D eigenvalue weighted by Gasteiger charge is 2.22. The molecule has 1 atom stereocenters. The third-order valence-electron chi connectivity index (χ3n) is 2.44. The minimum atomic E-state index is -1.20. The van der Waals surface area contributed by atoms with Gasteiger partial charge < -0.3 is 20.3 Å². The van der Waals surface area contributed by atoms with E-state index in [0.29, 0.717) is 5.02 Å². The lowest BCUT2D eigenvalue weighted by Crippen LogP contribution is -2.41. The number of hydrogen-bond donors (Lipinski definition) is 3. The fraction of sp³-hybridized carbons (Fsp3) is 0.333. The van der Waals surface area contributed by atoms with E-state index in [4.69, 9.17) is 21.4 Å². The minimum absolute atomic E-state index is 0.0995. The number of amides is 1. The van der Waals surface area contributed by atoms with Gasteiger partial charge in [0.15, 0.2) is 11.5 Å². The SMILES string of the molecule is COc1cc(Cl)cc(CC(NC(C)=O)C(=O)O)c1O. The molecule has 0 radical (unpaired) electrons. The molecule has 1 aromatic carbocycles. The van der Waals surface area contributed by atoms with Crippen molar-refractivity contribution in [2.24, 2.45) is 0 Å². The normalized spacial score (nSPS) is 11.7. The summed E-state index contributed by atoms with van der Waals surface area (Å²) in [7, 11) is 1.36. The van der Waals surface area contributed by atoms with Gasteiger partial charge in [-0.1, -0.05) is 11.6 Å². The van der Waals surface area contributed by atoms with E-state index >= 15 is 0 Å². The van der Waals surface area contributed by atoms with Crippen LogP contribution in [0.3, 0.4) is 0 Å². The molecule has 0 spiro atoms. The number of methoxy groups -OCH3 is 1. The zero-order valence-electron chi connectivity index (χ0n) is 10.4. The van der Waals surface area contributed by atoms with Gasteiger partial charge in [-0.25, -0.2) is 4.79 Å². The predicted octanol–water partition coefficient (Wildman–Crippen LogP) is 1.19. The number of carbonyl (C=O) groups is 2. The van der Waals surface area contributed by atoms with Crippen molar-refractivity contribution < 1.29 is 24.5 Å². The lowest BCUT2D eigenvalue weighted by Gasteiger charge is -2.15. The maximum Gasteiger partial charge on any atom is 0.326 e. The summed E-state index contributed by atoms with van der Waals surface area (Å²) in [6.45, 7) is 1.22. The summed E-state index contributed by atoms with van der Waals surface area (Å²) in [6.07, 6.45) is -0.0995. The molecule has 0 heterocycles. The maximum atomic E-state index is 11.0. The molecule has 1 aromatic rings. The molecule has 0 aliphatic rings. The van der Waals surface area contributed by atoms with Crippen LogP contribution in [0.25, 0.3) is 0 Å². The van der Waals surface area contributed by atoms with E-state index in [9.17, 15) is 14.7 Å². The molecule has 0 saturated heterocycles. The van der Waals surface area contributed by atoms with Crippen molar-refractivity contribution in [1.82, 2.24) is 5.32 Å². The Kier molecular flexibility index (Phi) is 5.00. The summed E-state index contributed by atoms with van der Waals surface area (Å²) in [4.78, 5) is 22.0. The third-order valence-corrected chi connectivity index (χ3v) is 2.66. The molecule has 104 valence electrons. The van der Waals surface area contributed by atoms with Crippen LogP contribution in [0.1, 0.15) is 12.5 Å². The Labute approximate surface area is 114 Å². The Morgan fingerprint density at radius 1 is 1.47 bits per heavy atom. The first-order valence-electron chi connectivity index (χ1n) is 5.40. The number of phenolic OH excluding ortho intramolecular Hbond substituents is 1. The zero-order valence-corrected chi connectivity index (χ0v) is 11.2. The molecular weight excluding hydrogens is 274 g/mol. The Balaban J connectivity index is 3.05. The maximum absolute atomic E-state index is 11.0. The smallest absolute Gasteiger partial charge is 0.326 e. The minimum Gasteiger partial charge on any atom is -0.504 e. The molecule has 0 saturated carbocycles. The van der Waals surface area contributed by atoms with Crippen molar-refractivity contribution in [2.45, 2.75) is 19.4 Å². The van der Waals surface area contributed by atoms with E-state index in [1.165, 1.54) is 26.2 Å². The number of rotatable bonds is 5. The number of hydrogen-bond acceptors (Lipinski definition) is 4. The van der Waals surface area contributed by atoms with E-state index in [1.54, 1.807) is 0 Å². The number of nitrogens with one attached hydrogen (secondary N) is 1. The second-order valence-corrected chi connectivity index (χ2v) is 4.35. The molecule has 6 nitrogen and oxygen atoms in total. The van der Waals surface area contributed by atoms with E-state index in [1.807, 2.05) is 0 Å². The molecule has 0 aromatic heterocycles. The van der Waals surface area contributed by atoms with Gasteiger partial charge in [-0.05, 0) is 6.07 Å². The Morgan fingerprint density at radius 2 is 2.11 bits per heavy atom. The number of carboxylic acid groups (broad SMARTS) is 1. The van der Waals surface area contributed by atoms with Crippen LogP contribution in [0.2, 0.25) is 5.02 Å². The molecule has 1 amide bonds. The van der Waals surface area contributed by atoms with Crippen LogP contribution in [0.4, 0.5) is 0 Å². The summed E-state index contributed by atoms with van der Waals surface area (Å²) < 4.78 is 4.92. The molecular formula is C12H14ClNO5. The van der Waals surface area contributed by atoms with Crippen LogP contribution in [0, 0.1) is 0 Å². The van der Waals surface area contributed by atoms with Gasteiger partial charge in [0, 0.05) is 30.0 Å². The van der Waals surface area contributed by atoms with E-state index in [2.05, 4.69) is 5.32 Å².